The van der Waals surface area contributed by atoms with E-state index in [1.807, 2.05) is 0 Å². The largest absolute Gasteiger partial charge is 0.152 e. The Kier molecular flexibility index (Phi) is 5.09. The minimum Gasteiger partial charge on any atom is -0.152 e. The van der Waals surface area contributed by atoms with Gasteiger partial charge in [0.2, 0.25) is 0 Å². The summed E-state index contributed by atoms with van der Waals surface area (Å²) < 4.78 is 0. The van der Waals surface area contributed by atoms with Gasteiger partial charge in [-0.3, -0.25) is 0 Å². The minimum atomic E-state index is 0.0487. The fourth-order valence-electron chi connectivity index (χ4n) is 0.580. The van der Waals surface area contributed by atoms with Crippen molar-refractivity contribution < 1.29 is 0 Å². The molecule has 50 valence electrons. The summed E-state index contributed by atoms with van der Waals surface area (Å²) in [6.45, 7) is 6.73. The highest BCUT2D eigenvalue weighted by Crippen LogP contribution is 2.38. The fraction of sp³-hybridized carbons (Fsp3) is 1.00. The van der Waals surface area contributed by atoms with Crippen molar-refractivity contribution in [1.29, 1.82) is 0 Å². The molecule has 0 radical (unpaired) electrons. The van der Waals surface area contributed by atoms with Gasteiger partial charge in [-0.25, -0.2) is 0 Å². The van der Waals surface area contributed by atoms with Crippen molar-refractivity contribution in [2.45, 2.75) is 20.3 Å². The van der Waals surface area contributed by atoms with Crippen LogP contribution in [0.25, 0.3) is 0 Å². The fourth-order valence-corrected chi connectivity index (χ4v) is 2.58. The zero-order valence-corrected chi connectivity index (χ0v) is 7.67. The van der Waals surface area contributed by atoms with Gasteiger partial charge in [-0.2, -0.15) is 12.2 Å². The van der Waals surface area contributed by atoms with E-state index in [1.54, 1.807) is 0 Å². The van der Waals surface area contributed by atoms with Crippen LogP contribution < -0.4 is 0 Å². The first kappa shape index (κ1) is 8.78. The Labute approximate surface area is 59.0 Å². The second-order valence-electron chi connectivity index (χ2n) is 2.35. The van der Waals surface area contributed by atoms with Crippen LogP contribution in [0.1, 0.15) is 20.3 Å². The lowest BCUT2D eigenvalue weighted by Crippen LogP contribution is -1.94. The maximum atomic E-state index is 4.36. The molecule has 2 unspecified atom stereocenters. The monoisotopic (exact) mass is 150 g/mol. The van der Waals surface area contributed by atoms with Gasteiger partial charge in [0.25, 0.3) is 0 Å². The van der Waals surface area contributed by atoms with E-state index in [4.69, 9.17) is 0 Å². The Morgan fingerprint density at radius 3 is 2.25 bits per heavy atom. The molecule has 0 spiro atoms. The SMILES string of the molecule is CCC(C)CP(C)S. The normalized spacial score (nSPS) is 18.0. The van der Waals surface area contributed by atoms with Crippen molar-refractivity contribution in [3.8, 4) is 0 Å². The predicted molar refractivity (Wildman–Crippen MR) is 46.2 cm³/mol. The Balaban J connectivity index is 3.10. The Morgan fingerprint density at radius 1 is 1.62 bits per heavy atom. The van der Waals surface area contributed by atoms with Crippen LogP contribution in [0.2, 0.25) is 0 Å². The molecule has 0 aliphatic carbocycles. The second kappa shape index (κ2) is 4.64. The summed E-state index contributed by atoms with van der Waals surface area (Å²) in [5, 5.41) is 0. The molecule has 0 saturated carbocycles. The molecule has 0 nitrogen and oxygen atoms in total. The van der Waals surface area contributed by atoms with Crippen molar-refractivity contribution in [2.75, 3.05) is 12.8 Å². The molecule has 8 heavy (non-hydrogen) atoms. The molecular formula is C6H15PS. The Hall–Kier alpha value is 0.780. The van der Waals surface area contributed by atoms with Gasteiger partial charge in [0.15, 0.2) is 0 Å². The van der Waals surface area contributed by atoms with Crippen LogP contribution >= 0.6 is 19.4 Å². The lowest BCUT2D eigenvalue weighted by Gasteiger charge is -2.09. The highest BCUT2D eigenvalue weighted by Gasteiger charge is 2.00. The first-order valence-corrected chi connectivity index (χ1v) is 6.19. The van der Waals surface area contributed by atoms with Gasteiger partial charge in [-0.15, -0.1) is 0 Å². The van der Waals surface area contributed by atoms with Gasteiger partial charge in [0.05, 0.1) is 0 Å². The molecule has 0 aromatic carbocycles. The molecule has 0 heterocycles. The van der Waals surface area contributed by atoms with Crippen molar-refractivity contribution in [3.63, 3.8) is 0 Å². The highest BCUT2D eigenvalue weighted by atomic mass is 32.7. The maximum absolute atomic E-state index is 4.36. The standard InChI is InChI=1S/C6H15PS/c1-4-6(2)5-7(3)8/h6,8H,4-5H2,1-3H3. The summed E-state index contributed by atoms with van der Waals surface area (Å²) in [5.41, 5.74) is 0. The third kappa shape index (κ3) is 4.93. The summed E-state index contributed by atoms with van der Waals surface area (Å²) in [5.74, 6) is 0.878. The summed E-state index contributed by atoms with van der Waals surface area (Å²) in [6.07, 6.45) is 2.61. The molecule has 0 N–H and O–H groups in total. The average Bonchev–Trinajstić information content (AvgIpc) is 1.65. The summed E-state index contributed by atoms with van der Waals surface area (Å²) >= 11 is 4.36. The number of hydrogen-bond acceptors (Lipinski definition) is 1. The second-order valence-corrected chi connectivity index (χ2v) is 6.08. The lowest BCUT2D eigenvalue weighted by molar-refractivity contribution is 0.635. The van der Waals surface area contributed by atoms with E-state index in [2.05, 4.69) is 32.8 Å². The van der Waals surface area contributed by atoms with Gasteiger partial charge in [-0.05, 0) is 18.7 Å². The van der Waals surface area contributed by atoms with Crippen molar-refractivity contribution in [3.05, 3.63) is 0 Å². The molecule has 0 aromatic rings. The molecule has 0 aromatic heterocycles. The molecule has 0 amide bonds. The summed E-state index contributed by atoms with van der Waals surface area (Å²) in [7, 11) is 0.0487. The summed E-state index contributed by atoms with van der Waals surface area (Å²) in [4.78, 5) is 0. The molecular weight excluding hydrogens is 135 g/mol. The Bertz CT molecular complexity index is 54.5. The van der Waals surface area contributed by atoms with Gasteiger partial charge >= 0.3 is 0 Å². The third-order valence-corrected chi connectivity index (χ3v) is 2.91. The van der Waals surface area contributed by atoms with Crippen molar-refractivity contribution in [1.82, 2.24) is 0 Å². The Morgan fingerprint density at radius 2 is 2.12 bits per heavy atom. The van der Waals surface area contributed by atoms with E-state index in [0.717, 1.165) is 5.92 Å². The van der Waals surface area contributed by atoms with Crippen molar-refractivity contribution in [2.24, 2.45) is 5.92 Å². The van der Waals surface area contributed by atoms with Crippen LogP contribution in [0, 0.1) is 5.92 Å². The van der Waals surface area contributed by atoms with E-state index in [9.17, 15) is 0 Å². The first-order valence-electron chi connectivity index (χ1n) is 3.06. The van der Waals surface area contributed by atoms with E-state index in [-0.39, 0.29) is 7.12 Å². The van der Waals surface area contributed by atoms with Gasteiger partial charge < -0.3 is 0 Å². The molecule has 2 heteroatoms. The van der Waals surface area contributed by atoms with Crippen molar-refractivity contribution >= 4 is 19.4 Å². The van der Waals surface area contributed by atoms with E-state index in [0.29, 0.717) is 0 Å². The molecule has 0 fully saturated rings. The van der Waals surface area contributed by atoms with Crippen LogP contribution in [0.3, 0.4) is 0 Å². The first-order chi connectivity index (χ1) is 3.66. The minimum absolute atomic E-state index is 0.0487. The van der Waals surface area contributed by atoms with E-state index in [1.165, 1.54) is 12.6 Å². The number of rotatable bonds is 3. The van der Waals surface area contributed by atoms with Gasteiger partial charge in [-0.1, -0.05) is 27.4 Å². The molecule has 0 saturated heterocycles. The molecule has 2 atom stereocenters. The van der Waals surface area contributed by atoms with Crippen LogP contribution in [0.15, 0.2) is 0 Å². The molecule has 0 aliphatic rings. The predicted octanol–water partition coefficient (Wildman–Crippen LogP) is 2.99. The number of thiol groups is 1. The van der Waals surface area contributed by atoms with E-state index >= 15 is 0 Å². The highest BCUT2D eigenvalue weighted by molar-refractivity contribution is 8.45. The van der Waals surface area contributed by atoms with Gasteiger partial charge in [0.1, 0.15) is 0 Å². The summed E-state index contributed by atoms with van der Waals surface area (Å²) in [6, 6.07) is 0. The molecule has 0 aliphatic heterocycles. The van der Waals surface area contributed by atoms with E-state index < -0.39 is 0 Å². The topological polar surface area (TPSA) is 0 Å². The third-order valence-electron chi connectivity index (χ3n) is 1.27. The zero-order chi connectivity index (χ0) is 6.57. The maximum Gasteiger partial charge on any atom is -0.0212 e. The molecule has 0 rings (SSSR count). The quantitative estimate of drug-likeness (QED) is 0.464. The number of hydrogen-bond donors (Lipinski definition) is 1. The van der Waals surface area contributed by atoms with Crippen LogP contribution in [-0.2, 0) is 0 Å². The van der Waals surface area contributed by atoms with Gasteiger partial charge in [0, 0.05) is 0 Å². The zero-order valence-electron chi connectivity index (χ0n) is 5.89. The smallest absolute Gasteiger partial charge is 0.0212 e. The molecule has 0 bridgehead atoms. The average molecular weight is 150 g/mol. The lowest BCUT2D eigenvalue weighted by atomic mass is 10.2. The van der Waals surface area contributed by atoms with Crippen LogP contribution in [0.4, 0.5) is 0 Å². The van der Waals surface area contributed by atoms with Crippen LogP contribution in [0.5, 0.6) is 0 Å². The van der Waals surface area contributed by atoms with Crippen LogP contribution in [-0.4, -0.2) is 12.8 Å².